The number of nitro groups is 1. The molecule has 1 aromatic carbocycles. The molecule has 0 saturated carbocycles. The van der Waals surface area contributed by atoms with Crippen LogP contribution in [0.3, 0.4) is 0 Å². The smallest absolute Gasteiger partial charge is 0.293 e. The lowest BCUT2D eigenvalue weighted by molar-refractivity contribution is -0.384. The van der Waals surface area contributed by atoms with Crippen LogP contribution in [0, 0.1) is 22.0 Å². The maximum atomic E-state index is 12.9. The molecule has 2 aliphatic rings. The van der Waals surface area contributed by atoms with E-state index in [4.69, 9.17) is 0 Å². The van der Waals surface area contributed by atoms with Crippen molar-refractivity contribution in [3.05, 3.63) is 33.9 Å². The van der Waals surface area contributed by atoms with Gasteiger partial charge in [-0.1, -0.05) is 6.92 Å². The number of likely N-dealkylation sites (tertiary alicyclic amines) is 1. The zero-order valence-electron chi connectivity index (χ0n) is 16.7. The summed E-state index contributed by atoms with van der Waals surface area (Å²) in [7, 11) is 1.92. The number of hydrogen-bond acceptors (Lipinski definition) is 5. The van der Waals surface area contributed by atoms with Crippen LogP contribution in [0.15, 0.2) is 18.2 Å². The normalized spacial score (nSPS) is 20.6. The SMILES string of the molecule is CNCC1CCCN(C(=O)c2ccc(N3CCC(C)CC3)c([N+](=O)[O-])c2)C1.Cl. The molecule has 1 atom stereocenters. The van der Waals surface area contributed by atoms with Crippen molar-refractivity contribution in [3.63, 3.8) is 0 Å². The lowest BCUT2D eigenvalue weighted by Crippen LogP contribution is -2.42. The molecule has 2 saturated heterocycles. The Labute approximate surface area is 173 Å². The van der Waals surface area contributed by atoms with Crippen LogP contribution in [-0.4, -0.2) is 55.5 Å². The van der Waals surface area contributed by atoms with Crippen LogP contribution in [-0.2, 0) is 0 Å². The van der Waals surface area contributed by atoms with Gasteiger partial charge < -0.3 is 15.1 Å². The number of nitrogens with zero attached hydrogens (tertiary/aromatic N) is 3. The summed E-state index contributed by atoms with van der Waals surface area (Å²) in [5.41, 5.74) is 1.09. The highest BCUT2D eigenvalue weighted by Crippen LogP contribution is 2.33. The predicted octanol–water partition coefficient (Wildman–Crippen LogP) is 3.32. The Hall–Kier alpha value is -1.86. The first kappa shape index (κ1) is 22.4. The van der Waals surface area contributed by atoms with Gasteiger partial charge in [-0.2, -0.15) is 0 Å². The van der Waals surface area contributed by atoms with Gasteiger partial charge >= 0.3 is 0 Å². The first-order valence-corrected chi connectivity index (χ1v) is 9.97. The molecule has 1 amide bonds. The Bertz CT molecular complexity index is 690. The third-order valence-corrected chi connectivity index (χ3v) is 5.84. The van der Waals surface area contributed by atoms with Crippen LogP contribution in [0.25, 0.3) is 0 Å². The van der Waals surface area contributed by atoms with Crippen molar-refractivity contribution in [1.82, 2.24) is 10.2 Å². The molecule has 2 fully saturated rings. The fourth-order valence-corrected chi connectivity index (χ4v) is 4.21. The summed E-state index contributed by atoms with van der Waals surface area (Å²) in [6.45, 7) is 6.18. The van der Waals surface area contributed by atoms with Crippen molar-refractivity contribution in [1.29, 1.82) is 0 Å². The number of nitro benzene ring substituents is 1. The Morgan fingerprint density at radius 3 is 2.61 bits per heavy atom. The van der Waals surface area contributed by atoms with Crippen molar-refractivity contribution < 1.29 is 9.72 Å². The summed E-state index contributed by atoms with van der Waals surface area (Å²) in [4.78, 5) is 28.1. The molecule has 3 rings (SSSR count). The van der Waals surface area contributed by atoms with Crippen LogP contribution in [0.4, 0.5) is 11.4 Å². The molecule has 2 heterocycles. The van der Waals surface area contributed by atoms with E-state index in [-0.39, 0.29) is 28.9 Å². The monoisotopic (exact) mass is 410 g/mol. The van der Waals surface area contributed by atoms with Crippen LogP contribution in [0.2, 0.25) is 0 Å². The number of benzene rings is 1. The zero-order valence-corrected chi connectivity index (χ0v) is 17.5. The molecule has 0 radical (unpaired) electrons. The number of carbonyl (C=O) groups excluding carboxylic acids is 1. The number of anilines is 1. The zero-order chi connectivity index (χ0) is 19.4. The topological polar surface area (TPSA) is 78.7 Å². The molecule has 0 aromatic heterocycles. The van der Waals surface area contributed by atoms with E-state index in [1.807, 2.05) is 11.9 Å². The van der Waals surface area contributed by atoms with Crippen LogP contribution < -0.4 is 10.2 Å². The summed E-state index contributed by atoms with van der Waals surface area (Å²) in [5.74, 6) is 1.00. The molecule has 8 heteroatoms. The maximum Gasteiger partial charge on any atom is 0.293 e. The maximum absolute atomic E-state index is 12.9. The van der Waals surface area contributed by atoms with Crippen molar-refractivity contribution in [2.75, 3.05) is 44.7 Å². The average molecular weight is 411 g/mol. The molecule has 28 heavy (non-hydrogen) atoms. The number of piperidine rings is 2. The number of carbonyl (C=O) groups is 1. The second kappa shape index (κ2) is 10.1. The van der Waals surface area contributed by atoms with Gasteiger partial charge in [0, 0.05) is 37.8 Å². The van der Waals surface area contributed by atoms with E-state index in [9.17, 15) is 14.9 Å². The minimum atomic E-state index is -0.357. The number of nitrogens with one attached hydrogen (secondary N) is 1. The summed E-state index contributed by atoms with van der Waals surface area (Å²) < 4.78 is 0. The first-order chi connectivity index (χ1) is 13.0. The predicted molar refractivity (Wildman–Crippen MR) is 114 cm³/mol. The van der Waals surface area contributed by atoms with Crippen molar-refractivity contribution in [3.8, 4) is 0 Å². The van der Waals surface area contributed by atoms with E-state index >= 15 is 0 Å². The van der Waals surface area contributed by atoms with Crippen molar-refractivity contribution in [2.24, 2.45) is 11.8 Å². The number of rotatable bonds is 5. The standard InChI is InChI=1S/C20H30N4O3.ClH/c1-15-7-10-22(11-8-15)18-6-5-17(12-19(18)24(26)27)20(25)23-9-3-4-16(14-23)13-21-2;/h5-6,12,15-16,21H,3-4,7-11,13-14H2,1-2H3;1H. The minimum Gasteiger partial charge on any atom is -0.366 e. The quantitative estimate of drug-likeness (QED) is 0.595. The molecule has 0 aliphatic carbocycles. The second-order valence-electron chi connectivity index (χ2n) is 7.95. The second-order valence-corrected chi connectivity index (χ2v) is 7.95. The molecule has 1 aromatic rings. The van der Waals surface area contributed by atoms with Crippen LogP contribution in [0.5, 0.6) is 0 Å². The fraction of sp³-hybridized carbons (Fsp3) is 0.650. The van der Waals surface area contributed by atoms with Gasteiger partial charge in [0.25, 0.3) is 11.6 Å². The Morgan fingerprint density at radius 2 is 1.96 bits per heavy atom. The molecule has 1 unspecified atom stereocenters. The molecule has 7 nitrogen and oxygen atoms in total. The highest BCUT2D eigenvalue weighted by atomic mass is 35.5. The van der Waals surface area contributed by atoms with Gasteiger partial charge in [-0.15, -0.1) is 12.4 Å². The lowest BCUT2D eigenvalue weighted by atomic mass is 9.97. The first-order valence-electron chi connectivity index (χ1n) is 9.97. The molecule has 0 spiro atoms. The minimum absolute atomic E-state index is 0. The third kappa shape index (κ3) is 5.14. The molecule has 0 bridgehead atoms. The number of hydrogen-bond donors (Lipinski definition) is 1. The molecule has 1 N–H and O–H groups in total. The van der Waals surface area contributed by atoms with Crippen molar-refractivity contribution >= 4 is 29.7 Å². The van der Waals surface area contributed by atoms with Gasteiger partial charge in [0.2, 0.25) is 0 Å². The fourth-order valence-electron chi connectivity index (χ4n) is 4.21. The summed E-state index contributed by atoms with van der Waals surface area (Å²) in [6.07, 6.45) is 4.16. The van der Waals surface area contributed by atoms with E-state index in [0.29, 0.717) is 29.6 Å². The van der Waals surface area contributed by atoms with Crippen molar-refractivity contribution in [2.45, 2.75) is 32.6 Å². The van der Waals surface area contributed by atoms with Gasteiger partial charge in [0.1, 0.15) is 5.69 Å². The van der Waals surface area contributed by atoms with Gasteiger partial charge in [-0.05, 0) is 63.2 Å². The highest BCUT2D eigenvalue weighted by Gasteiger charge is 2.28. The van der Waals surface area contributed by atoms with Crippen LogP contribution in [0.1, 0.15) is 43.0 Å². The van der Waals surface area contributed by atoms with E-state index in [1.165, 1.54) is 6.07 Å². The Kier molecular flexibility index (Phi) is 8.07. The van der Waals surface area contributed by atoms with Crippen LogP contribution >= 0.6 is 12.4 Å². The van der Waals surface area contributed by atoms with E-state index in [1.54, 1.807) is 12.1 Å². The number of amides is 1. The lowest BCUT2D eigenvalue weighted by Gasteiger charge is -2.33. The van der Waals surface area contributed by atoms with Gasteiger partial charge in [-0.25, -0.2) is 0 Å². The van der Waals surface area contributed by atoms with Gasteiger partial charge in [0.05, 0.1) is 4.92 Å². The van der Waals surface area contributed by atoms with Gasteiger partial charge in [-0.3, -0.25) is 14.9 Å². The largest absolute Gasteiger partial charge is 0.366 e. The summed E-state index contributed by atoms with van der Waals surface area (Å²) >= 11 is 0. The summed E-state index contributed by atoms with van der Waals surface area (Å²) in [6, 6.07) is 4.98. The molecular weight excluding hydrogens is 380 g/mol. The van der Waals surface area contributed by atoms with E-state index in [0.717, 1.165) is 51.9 Å². The third-order valence-electron chi connectivity index (χ3n) is 5.84. The molecular formula is C20H31ClN4O3. The molecule has 2 aliphatic heterocycles. The number of halogens is 1. The van der Waals surface area contributed by atoms with Gasteiger partial charge in [0.15, 0.2) is 0 Å². The summed E-state index contributed by atoms with van der Waals surface area (Å²) in [5, 5.41) is 14.8. The Balaban J connectivity index is 0.00000280. The van der Waals surface area contributed by atoms with E-state index in [2.05, 4.69) is 17.1 Å². The highest BCUT2D eigenvalue weighted by molar-refractivity contribution is 5.96. The molecule has 156 valence electrons. The van der Waals surface area contributed by atoms with E-state index < -0.39 is 0 Å². The Morgan fingerprint density at radius 1 is 1.25 bits per heavy atom. The average Bonchev–Trinajstić information content (AvgIpc) is 2.68.